The highest BCUT2D eigenvalue weighted by atomic mass is 16.2. The predicted molar refractivity (Wildman–Crippen MR) is 169 cm³/mol. The first-order chi connectivity index (χ1) is 21.0. The number of ketones is 1. The Labute approximate surface area is 267 Å². The Bertz CT molecular complexity index is 1060. The summed E-state index contributed by atoms with van der Waals surface area (Å²) in [6, 6.07) is -1.39. The van der Waals surface area contributed by atoms with Crippen LogP contribution in [-0.2, 0) is 28.8 Å². The van der Waals surface area contributed by atoms with Crippen LogP contribution in [0.1, 0.15) is 93.4 Å². The number of imide groups is 1. The summed E-state index contributed by atoms with van der Waals surface area (Å²) in [5.41, 5.74) is 4.12. The summed E-state index contributed by atoms with van der Waals surface area (Å²) < 4.78 is 0. The molecule has 0 radical (unpaired) electrons. The summed E-state index contributed by atoms with van der Waals surface area (Å²) >= 11 is 0. The average molecular weight is 638 g/mol. The van der Waals surface area contributed by atoms with Gasteiger partial charge in [0.25, 0.3) is 0 Å². The van der Waals surface area contributed by atoms with E-state index < -0.39 is 23.5 Å². The monoisotopic (exact) mass is 637 g/mol. The van der Waals surface area contributed by atoms with Gasteiger partial charge in [-0.2, -0.15) is 0 Å². The average Bonchev–Trinajstić information content (AvgIpc) is 3.13. The maximum Gasteiger partial charge on any atom is 0.314 e. The normalized spacial score (nSPS) is 15.7. The lowest BCUT2D eigenvalue weighted by molar-refractivity contribution is -0.140. The van der Waals surface area contributed by atoms with Crippen LogP contribution in [0.4, 0.5) is 4.79 Å². The Balaban J connectivity index is 2.19. The first-order valence-corrected chi connectivity index (χ1v) is 15.9. The molecular weight excluding hydrogens is 582 g/mol. The molecule has 0 spiro atoms. The summed E-state index contributed by atoms with van der Waals surface area (Å²) in [5, 5.41) is 8.20. The molecule has 1 aliphatic rings. The van der Waals surface area contributed by atoms with E-state index in [1.807, 2.05) is 39.6 Å². The summed E-state index contributed by atoms with van der Waals surface area (Å²) in [5.74, 6) is -1.45. The molecule has 14 heteroatoms. The number of carbonyl (C=O) groups is 7. The van der Waals surface area contributed by atoms with Gasteiger partial charge in [0.1, 0.15) is 0 Å². The van der Waals surface area contributed by atoms with Crippen LogP contribution in [0.15, 0.2) is 0 Å². The number of rotatable bonds is 19. The third kappa shape index (κ3) is 14.0. The molecule has 1 unspecified atom stereocenters. The van der Waals surface area contributed by atoms with E-state index in [0.717, 1.165) is 0 Å². The number of amides is 7. The molecule has 1 saturated heterocycles. The van der Waals surface area contributed by atoms with Crippen molar-refractivity contribution in [1.82, 2.24) is 36.6 Å². The molecule has 256 valence electrons. The number of hydrazine groups is 1. The molecule has 2 atom stereocenters. The number of carbonyl (C=O) groups excluding carboxylic acids is 7. The molecule has 0 aromatic heterocycles. The second-order valence-electron chi connectivity index (χ2n) is 13.1. The van der Waals surface area contributed by atoms with Gasteiger partial charge in [-0.1, -0.05) is 48.0 Å². The third-order valence-electron chi connectivity index (χ3n) is 7.74. The molecule has 45 heavy (non-hydrogen) atoms. The quantitative estimate of drug-likeness (QED) is 0.0795. The van der Waals surface area contributed by atoms with Crippen molar-refractivity contribution in [1.29, 1.82) is 0 Å². The minimum absolute atomic E-state index is 0.00502. The van der Waals surface area contributed by atoms with E-state index in [1.54, 1.807) is 13.8 Å². The molecule has 0 aromatic rings. The van der Waals surface area contributed by atoms with Gasteiger partial charge in [-0.05, 0) is 51.6 Å². The molecule has 14 nitrogen and oxygen atoms in total. The lowest BCUT2D eigenvalue weighted by Gasteiger charge is -2.32. The maximum atomic E-state index is 12.9. The van der Waals surface area contributed by atoms with Crippen LogP contribution in [0.5, 0.6) is 0 Å². The van der Waals surface area contributed by atoms with E-state index in [9.17, 15) is 33.6 Å². The van der Waals surface area contributed by atoms with Gasteiger partial charge in [0.2, 0.25) is 29.5 Å². The van der Waals surface area contributed by atoms with Crippen LogP contribution < -0.4 is 26.8 Å². The van der Waals surface area contributed by atoms with Gasteiger partial charge in [0.15, 0.2) is 5.78 Å². The van der Waals surface area contributed by atoms with Gasteiger partial charge in [0, 0.05) is 38.9 Å². The number of unbranched alkanes of at least 4 members (excludes halogenated alkanes) is 2. The number of nitrogens with zero attached hydrogens (tertiary/aromatic N) is 2. The van der Waals surface area contributed by atoms with E-state index in [1.165, 1.54) is 11.8 Å². The maximum absolute atomic E-state index is 12.9. The Morgan fingerprint density at radius 2 is 1.42 bits per heavy atom. The van der Waals surface area contributed by atoms with E-state index in [4.69, 9.17) is 0 Å². The van der Waals surface area contributed by atoms with E-state index in [2.05, 4.69) is 26.8 Å². The van der Waals surface area contributed by atoms with Crippen molar-refractivity contribution >= 4 is 41.4 Å². The topological polar surface area (TPSA) is 186 Å². The van der Waals surface area contributed by atoms with Gasteiger partial charge in [-0.3, -0.25) is 49.4 Å². The highest BCUT2D eigenvalue weighted by Gasteiger charge is 2.44. The first kappa shape index (κ1) is 39.5. The fraction of sp³-hybridized carbons (Fsp3) is 0.774. The number of urea groups is 1. The lowest BCUT2D eigenvalue weighted by Crippen LogP contribution is -2.54. The van der Waals surface area contributed by atoms with Gasteiger partial charge in [0.05, 0.1) is 17.5 Å². The molecule has 1 heterocycles. The van der Waals surface area contributed by atoms with Crippen LogP contribution >= 0.6 is 0 Å². The molecule has 7 amide bonds. The Morgan fingerprint density at radius 3 is 1.93 bits per heavy atom. The minimum atomic E-state index is -0.699. The van der Waals surface area contributed by atoms with Crippen molar-refractivity contribution in [3.63, 3.8) is 0 Å². The zero-order valence-electron chi connectivity index (χ0n) is 28.3. The molecule has 1 fully saturated rings. The van der Waals surface area contributed by atoms with Gasteiger partial charge >= 0.3 is 6.03 Å². The van der Waals surface area contributed by atoms with Crippen LogP contribution in [0.2, 0.25) is 0 Å². The first-order valence-electron chi connectivity index (χ1n) is 15.9. The number of hydrogen-bond donors (Lipinski definition) is 5. The van der Waals surface area contributed by atoms with Crippen molar-refractivity contribution in [2.45, 2.75) is 105 Å². The SMILES string of the molecule is CC(=O)[C@@H](NC(=O)C(C(C)C)N(C)CCCC(=O)NNC(=O)CCCCCNC(=O)NCCN1C(=O)CC(C)(C)C1=O)C(C)C. The van der Waals surface area contributed by atoms with E-state index >= 15 is 0 Å². The van der Waals surface area contributed by atoms with Crippen LogP contribution in [0.3, 0.4) is 0 Å². The number of Topliss-reactive ketones (excluding diaryl/α,β-unsaturated/α-hetero) is 1. The molecule has 0 saturated carbocycles. The highest BCUT2D eigenvalue weighted by molar-refractivity contribution is 6.05. The predicted octanol–water partition coefficient (Wildman–Crippen LogP) is 1.24. The molecule has 1 aliphatic heterocycles. The summed E-state index contributed by atoms with van der Waals surface area (Å²) in [7, 11) is 1.81. The molecule has 5 N–H and O–H groups in total. The summed E-state index contributed by atoms with van der Waals surface area (Å²) in [6.45, 7) is 13.7. The van der Waals surface area contributed by atoms with E-state index in [-0.39, 0.29) is 79.5 Å². The van der Waals surface area contributed by atoms with Crippen LogP contribution in [-0.4, -0.2) is 96.5 Å². The zero-order chi connectivity index (χ0) is 34.3. The largest absolute Gasteiger partial charge is 0.345 e. The lowest BCUT2D eigenvalue weighted by atomic mass is 9.92. The summed E-state index contributed by atoms with van der Waals surface area (Å²) in [6.07, 6.45) is 2.94. The molecule has 0 aromatic carbocycles. The Hall–Kier alpha value is -3.55. The number of likely N-dealkylation sites (N-methyl/N-ethyl adjacent to an activating group) is 1. The fourth-order valence-electron chi connectivity index (χ4n) is 5.27. The summed E-state index contributed by atoms with van der Waals surface area (Å²) in [4.78, 5) is 88.3. The van der Waals surface area contributed by atoms with Gasteiger partial charge in [-0.25, -0.2) is 4.79 Å². The minimum Gasteiger partial charge on any atom is -0.345 e. The number of likely N-dealkylation sites (tertiary alicyclic amines) is 1. The molecule has 0 bridgehead atoms. The van der Waals surface area contributed by atoms with Gasteiger partial charge in [-0.15, -0.1) is 0 Å². The standard InChI is InChI=1S/C31H55N7O7/c1-20(2)26(22(5)39)34-28(43)27(21(3)4)37(8)17-12-14-24(41)36-35-23(40)13-10-9-11-15-32-30(45)33-16-18-38-25(42)19-31(6,7)29(38)44/h20-21,26-27H,9-19H2,1-8H3,(H,34,43)(H,35,40)(H,36,41)(H2,32,33,45)/t26-,27?/m0/s1. The van der Waals surface area contributed by atoms with Crippen molar-refractivity contribution in [3.05, 3.63) is 0 Å². The third-order valence-corrected chi connectivity index (χ3v) is 7.74. The van der Waals surface area contributed by atoms with Crippen molar-refractivity contribution in [2.24, 2.45) is 17.3 Å². The van der Waals surface area contributed by atoms with E-state index in [0.29, 0.717) is 38.8 Å². The Morgan fingerprint density at radius 1 is 0.844 bits per heavy atom. The van der Waals surface area contributed by atoms with Gasteiger partial charge < -0.3 is 16.0 Å². The number of hydrogen-bond acceptors (Lipinski definition) is 8. The van der Waals surface area contributed by atoms with Crippen molar-refractivity contribution in [3.8, 4) is 0 Å². The molecule has 1 rings (SSSR count). The van der Waals surface area contributed by atoms with Crippen molar-refractivity contribution < 1.29 is 33.6 Å². The van der Waals surface area contributed by atoms with Crippen LogP contribution in [0.25, 0.3) is 0 Å². The molecule has 0 aliphatic carbocycles. The fourth-order valence-corrected chi connectivity index (χ4v) is 5.27. The second-order valence-corrected chi connectivity index (χ2v) is 13.1. The zero-order valence-corrected chi connectivity index (χ0v) is 28.3. The van der Waals surface area contributed by atoms with Crippen molar-refractivity contribution in [2.75, 3.05) is 33.2 Å². The number of nitrogens with one attached hydrogen (secondary N) is 5. The second kappa shape index (κ2) is 19.1. The molecular formula is C31H55N7O7. The van der Waals surface area contributed by atoms with Crippen LogP contribution in [0, 0.1) is 17.3 Å². The smallest absolute Gasteiger partial charge is 0.314 e. The Kier molecular flexibility index (Phi) is 16.7. The highest BCUT2D eigenvalue weighted by Crippen LogP contribution is 2.31.